The fourth-order valence-corrected chi connectivity index (χ4v) is 2.69. The minimum absolute atomic E-state index is 0.214. The van der Waals surface area contributed by atoms with Crippen molar-refractivity contribution < 1.29 is 9.90 Å². The van der Waals surface area contributed by atoms with E-state index in [1.165, 1.54) is 12.8 Å². The maximum Gasteiger partial charge on any atom is 0.303 e. The quantitative estimate of drug-likeness (QED) is 0.889. The smallest absolute Gasteiger partial charge is 0.303 e. The van der Waals surface area contributed by atoms with E-state index in [0.717, 1.165) is 35.8 Å². The molecule has 0 saturated carbocycles. The highest BCUT2D eigenvalue weighted by Crippen LogP contribution is 2.29. The standard InChI is InChI=1S/C14H18ClNO2/c15-12-10-11(4-3-5-14(17)18)6-7-13(12)16-8-1-2-9-16/h6-7,10H,1-5,8-9H2,(H,17,18). The van der Waals surface area contributed by atoms with E-state index in [2.05, 4.69) is 17.0 Å². The SMILES string of the molecule is O=C(O)CCCc1ccc(N2CCCC2)c(Cl)c1. The van der Waals surface area contributed by atoms with Crippen LogP contribution in [0, 0.1) is 0 Å². The molecule has 18 heavy (non-hydrogen) atoms. The van der Waals surface area contributed by atoms with Gasteiger partial charge in [0.15, 0.2) is 0 Å². The highest BCUT2D eigenvalue weighted by atomic mass is 35.5. The molecule has 0 unspecified atom stereocenters. The van der Waals surface area contributed by atoms with Gasteiger partial charge in [-0.1, -0.05) is 17.7 Å². The van der Waals surface area contributed by atoms with E-state index in [9.17, 15) is 4.79 Å². The topological polar surface area (TPSA) is 40.5 Å². The van der Waals surface area contributed by atoms with E-state index in [0.29, 0.717) is 6.42 Å². The number of aliphatic carboxylic acids is 1. The molecule has 2 rings (SSSR count). The van der Waals surface area contributed by atoms with Crippen molar-refractivity contribution in [2.45, 2.75) is 32.1 Å². The molecule has 0 atom stereocenters. The number of anilines is 1. The maximum atomic E-state index is 10.5. The summed E-state index contributed by atoms with van der Waals surface area (Å²) in [6.07, 6.45) is 4.11. The molecule has 0 radical (unpaired) electrons. The lowest BCUT2D eigenvalue weighted by Crippen LogP contribution is -2.17. The van der Waals surface area contributed by atoms with Gasteiger partial charge in [-0.15, -0.1) is 0 Å². The Balaban J connectivity index is 1.98. The number of benzene rings is 1. The zero-order valence-electron chi connectivity index (χ0n) is 10.4. The van der Waals surface area contributed by atoms with E-state index in [-0.39, 0.29) is 6.42 Å². The fourth-order valence-electron chi connectivity index (χ4n) is 2.36. The van der Waals surface area contributed by atoms with Gasteiger partial charge in [0.2, 0.25) is 0 Å². The summed E-state index contributed by atoms with van der Waals surface area (Å²) >= 11 is 6.29. The molecule has 1 aliphatic rings. The second-order valence-electron chi connectivity index (χ2n) is 4.73. The van der Waals surface area contributed by atoms with Crippen molar-refractivity contribution in [2.75, 3.05) is 18.0 Å². The first-order valence-electron chi connectivity index (χ1n) is 6.42. The Labute approximate surface area is 112 Å². The average Bonchev–Trinajstić information content (AvgIpc) is 2.82. The Bertz CT molecular complexity index is 428. The second-order valence-corrected chi connectivity index (χ2v) is 5.13. The summed E-state index contributed by atoms with van der Waals surface area (Å²) in [4.78, 5) is 12.8. The molecule has 3 nitrogen and oxygen atoms in total. The summed E-state index contributed by atoms with van der Waals surface area (Å²) in [6.45, 7) is 2.16. The lowest BCUT2D eigenvalue weighted by molar-refractivity contribution is -0.137. The van der Waals surface area contributed by atoms with Gasteiger partial charge < -0.3 is 10.0 Å². The van der Waals surface area contributed by atoms with Crippen molar-refractivity contribution in [1.82, 2.24) is 0 Å². The van der Waals surface area contributed by atoms with Crippen LogP contribution in [0.1, 0.15) is 31.2 Å². The van der Waals surface area contributed by atoms with Gasteiger partial charge in [-0.3, -0.25) is 4.79 Å². The van der Waals surface area contributed by atoms with Crippen molar-refractivity contribution in [1.29, 1.82) is 0 Å². The van der Waals surface area contributed by atoms with Gasteiger partial charge in [0.1, 0.15) is 0 Å². The number of halogens is 1. The summed E-state index contributed by atoms with van der Waals surface area (Å²) in [7, 11) is 0. The first-order valence-corrected chi connectivity index (χ1v) is 6.80. The molecule has 1 fully saturated rings. The van der Waals surface area contributed by atoms with Crippen LogP contribution in [0.25, 0.3) is 0 Å². The molecule has 1 heterocycles. The molecule has 1 aromatic carbocycles. The van der Waals surface area contributed by atoms with Crippen molar-refractivity contribution in [3.05, 3.63) is 28.8 Å². The monoisotopic (exact) mass is 267 g/mol. The first kappa shape index (κ1) is 13.2. The normalized spacial score (nSPS) is 15.1. The van der Waals surface area contributed by atoms with E-state index >= 15 is 0 Å². The third-order valence-corrected chi connectivity index (χ3v) is 3.62. The molecule has 1 aliphatic heterocycles. The van der Waals surface area contributed by atoms with E-state index in [4.69, 9.17) is 16.7 Å². The third kappa shape index (κ3) is 3.39. The Morgan fingerprint density at radius 3 is 2.67 bits per heavy atom. The minimum Gasteiger partial charge on any atom is -0.481 e. The molecule has 0 spiro atoms. The Morgan fingerprint density at radius 2 is 2.06 bits per heavy atom. The summed E-state index contributed by atoms with van der Waals surface area (Å²) in [6, 6.07) is 6.09. The highest BCUT2D eigenvalue weighted by molar-refractivity contribution is 6.33. The Morgan fingerprint density at radius 1 is 1.33 bits per heavy atom. The van der Waals surface area contributed by atoms with E-state index < -0.39 is 5.97 Å². The Kier molecular flexibility index (Phi) is 4.48. The molecule has 4 heteroatoms. The van der Waals surface area contributed by atoms with Crippen LogP contribution in [0.3, 0.4) is 0 Å². The zero-order valence-corrected chi connectivity index (χ0v) is 11.1. The van der Waals surface area contributed by atoms with Gasteiger partial charge >= 0.3 is 5.97 Å². The molecule has 0 amide bonds. The van der Waals surface area contributed by atoms with Crippen molar-refractivity contribution in [3.8, 4) is 0 Å². The molecule has 0 aliphatic carbocycles. The molecule has 1 saturated heterocycles. The lowest BCUT2D eigenvalue weighted by Gasteiger charge is -2.19. The number of carbonyl (C=O) groups is 1. The maximum absolute atomic E-state index is 10.5. The predicted molar refractivity (Wildman–Crippen MR) is 73.5 cm³/mol. The molecular formula is C14H18ClNO2. The average molecular weight is 268 g/mol. The van der Waals surface area contributed by atoms with Crippen LogP contribution in [-0.2, 0) is 11.2 Å². The van der Waals surface area contributed by atoms with Crippen LogP contribution >= 0.6 is 11.6 Å². The summed E-state index contributed by atoms with van der Waals surface area (Å²) in [5.74, 6) is -0.741. The van der Waals surface area contributed by atoms with Crippen molar-refractivity contribution in [3.63, 3.8) is 0 Å². The lowest BCUT2D eigenvalue weighted by atomic mass is 10.1. The number of aryl methyl sites for hydroxylation is 1. The van der Waals surface area contributed by atoms with Gasteiger partial charge in [0, 0.05) is 19.5 Å². The third-order valence-electron chi connectivity index (χ3n) is 3.31. The number of carboxylic acid groups (broad SMARTS) is 1. The number of hydrogen-bond donors (Lipinski definition) is 1. The minimum atomic E-state index is -0.741. The van der Waals surface area contributed by atoms with Crippen LogP contribution in [0.5, 0.6) is 0 Å². The van der Waals surface area contributed by atoms with E-state index in [1.807, 2.05) is 6.07 Å². The molecule has 98 valence electrons. The number of carboxylic acids is 1. The number of rotatable bonds is 5. The Hall–Kier alpha value is -1.22. The fraction of sp³-hybridized carbons (Fsp3) is 0.500. The van der Waals surface area contributed by atoms with Gasteiger partial charge in [-0.2, -0.15) is 0 Å². The van der Waals surface area contributed by atoms with Gasteiger partial charge in [0.25, 0.3) is 0 Å². The van der Waals surface area contributed by atoms with Crippen LogP contribution in [0.15, 0.2) is 18.2 Å². The molecular weight excluding hydrogens is 250 g/mol. The van der Waals surface area contributed by atoms with Crippen molar-refractivity contribution in [2.24, 2.45) is 0 Å². The van der Waals surface area contributed by atoms with Crippen LogP contribution in [0.4, 0.5) is 5.69 Å². The highest BCUT2D eigenvalue weighted by Gasteiger charge is 2.15. The van der Waals surface area contributed by atoms with E-state index in [1.54, 1.807) is 0 Å². The second kappa shape index (κ2) is 6.10. The molecule has 0 aromatic heterocycles. The summed E-state index contributed by atoms with van der Waals surface area (Å²) in [5.41, 5.74) is 2.22. The molecule has 1 aromatic rings. The van der Waals surface area contributed by atoms with Gasteiger partial charge in [-0.05, 0) is 43.4 Å². The zero-order chi connectivity index (χ0) is 13.0. The summed E-state index contributed by atoms with van der Waals surface area (Å²) in [5, 5.41) is 9.38. The largest absolute Gasteiger partial charge is 0.481 e. The first-order chi connectivity index (χ1) is 8.66. The van der Waals surface area contributed by atoms with Crippen LogP contribution in [-0.4, -0.2) is 24.2 Å². The number of nitrogens with zero attached hydrogens (tertiary/aromatic N) is 1. The summed E-state index contributed by atoms with van der Waals surface area (Å²) < 4.78 is 0. The number of hydrogen-bond acceptors (Lipinski definition) is 2. The van der Waals surface area contributed by atoms with Crippen molar-refractivity contribution >= 4 is 23.3 Å². The van der Waals surface area contributed by atoms with Crippen LogP contribution < -0.4 is 4.90 Å². The predicted octanol–water partition coefficient (Wildman–Crippen LogP) is 3.35. The molecule has 0 bridgehead atoms. The molecule has 1 N–H and O–H groups in total. The van der Waals surface area contributed by atoms with Gasteiger partial charge in [0.05, 0.1) is 10.7 Å². The van der Waals surface area contributed by atoms with Crippen LogP contribution in [0.2, 0.25) is 5.02 Å². The van der Waals surface area contributed by atoms with Gasteiger partial charge in [-0.25, -0.2) is 0 Å².